The average Bonchev–Trinajstić information content (AvgIpc) is 2.59. The first kappa shape index (κ1) is 10.4. The van der Waals surface area contributed by atoms with Gasteiger partial charge in [-0.2, -0.15) is 0 Å². The maximum atomic E-state index is 2.66. The van der Waals surface area contributed by atoms with E-state index in [1.165, 1.54) is 45.3 Å². The molecule has 2 fully saturated rings. The Bertz CT molecular complexity index is 194. The first-order valence-corrected chi connectivity index (χ1v) is 6.09. The summed E-state index contributed by atoms with van der Waals surface area (Å²) in [6, 6.07) is 0.723. The molecule has 0 radical (unpaired) electrons. The van der Waals surface area contributed by atoms with Gasteiger partial charge in [0, 0.05) is 31.2 Å². The van der Waals surface area contributed by atoms with Crippen LogP contribution in [0, 0.1) is 0 Å². The number of piperazine rings is 1. The van der Waals surface area contributed by atoms with Crippen LogP contribution in [-0.4, -0.2) is 48.1 Å². The van der Waals surface area contributed by atoms with Crippen LogP contribution in [0.3, 0.4) is 0 Å². The van der Waals surface area contributed by atoms with E-state index in [4.69, 9.17) is 0 Å². The summed E-state index contributed by atoms with van der Waals surface area (Å²) in [4.78, 5) is 5.28. The first-order valence-electron chi connectivity index (χ1n) is 6.09. The predicted octanol–water partition coefficient (Wildman–Crippen LogP) is 1.95. The molecule has 2 rings (SSSR count). The van der Waals surface area contributed by atoms with E-state index in [9.17, 15) is 0 Å². The molecule has 2 aliphatic rings. The average molecular weight is 196 g/mol. The molecule has 0 N–H and O–H groups in total. The van der Waals surface area contributed by atoms with Crippen molar-refractivity contribution in [3.63, 3.8) is 0 Å². The Labute approximate surface area is 88.3 Å². The summed E-state index contributed by atoms with van der Waals surface area (Å²) in [6.45, 7) is 8.48. The highest BCUT2D eigenvalue weighted by Crippen LogP contribution is 2.37. The maximum Gasteiger partial charge on any atom is 0.0334 e. The fraction of sp³-hybridized carbons (Fsp3) is 1.00. The third-order valence-electron chi connectivity index (χ3n) is 4.29. The van der Waals surface area contributed by atoms with Crippen molar-refractivity contribution < 1.29 is 0 Å². The fourth-order valence-electron chi connectivity index (χ4n) is 3.11. The quantitative estimate of drug-likeness (QED) is 0.632. The van der Waals surface area contributed by atoms with Crippen LogP contribution in [0.5, 0.6) is 0 Å². The molecule has 0 aromatic heterocycles. The zero-order valence-corrected chi connectivity index (χ0v) is 9.92. The fourth-order valence-corrected chi connectivity index (χ4v) is 3.11. The van der Waals surface area contributed by atoms with Crippen molar-refractivity contribution in [2.24, 2.45) is 0 Å². The van der Waals surface area contributed by atoms with E-state index in [-0.39, 0.29) is 0 Å². The molecule has 1 spiro atoms. The smallest absolute Gasteiger partial charge is 0.0334 e. The molecule has 0 bridgehead atoms. The van der Waals surface area contributed by atoms with E-state index in [0.29, 0.717) is 5.54 Å². The van der Waals surface area contributed by atoms with Crippen LogP contribution in [0.1, 0.15) is 39.5 Å². The topological polar surface area (TPSA) is 6.48 Å². The lowest BCUT2D eigenvalue weighted by atomic mass is 9.92. The van der Waals surface area contributed by atoms with Crippen molar-refractivity contribution in [2.45, 2.75) is 51.1 Å². The first-order chi connectivity index (χ1) is 6.64. The monoisotopic (exact) mass is 196 g/mol. The number of hydrogen-bond donors (Lipinski definition) is 0. The molecule has 14 heavy (non-hydrogen) atoms. The zero-order chi connectivity index (χ0) is 10.2. The Morgan fingerprint density at radius 1 is 1.07 bits per heavy atom. The molecule has 1 heterocycles. The van der Waals surface area contributed by atoms with Crippen LogP contribution in [0.25, 0.3) is 0 Å². The van der Waals surface area contributed by atoms with Gasteiger partial charge in [-0.1, -0.05) is 12.8 Å². The molecule has 1 saturated heterocycles. The Balaban J connectivity index is 2.06. The Morgan fingerprint density at radius 3 is 2.29 bits per heavy atom. The van der Waals surface area contributed by atoms with Crippen LogP contribution >= 0.6 is 0 Å². The van der Waals surface area contributed by atoms with Gasteiger partial charge >= 0.3 is 0 Å². The normalized spacial score (nSPS) is 29.1. The highest BCUT2D eigenvalue weighted by Gasteiger charge is 2.41. The summed E-state index contributed by atoms with van der Waals surface area (Å²) in [7, 11) is 2.32. The highest BCUT2D eigenvalue weighted by molar-refractivity contribution is 4.99. The third kappa shape index (κ3) is 1.70. The summed E-state index contributed by atoms with van der Waals surface area (Å²) in [5.74, 6) is 0. The molecule has 2 nitrogen and oxygen atoms in total. The number of nitrogens with zero attached hydrogens (tertiary/aromatic N) is 2. The third-order valence-corrected chi connectivity index (χ3v) is 4.29. The standard InChI is InChI=1S/C12H24N2/c1-11(2)14-9-8-13(3)12(10-14)6-4-5-7-12/h11H,4-10H2,1-3H3. The largest absolute Gasteiger partial charge is 0.298 e. The van der Waals surface area contributed by atoms with Crippen LogP contribution < -0.4 is 0 Å². The summed E-state index contributed by atoms with van der Waals surface area (Å²) < 4.78 is 0. The molecule has 0 amide bonds. The molecular weight excluding hydrogens is 172 g/mol. The van der Waals surface area contributed by atoms with Crippen LogP contribution in [-0.2, 0) is 0 Å². The van der Waals surface area contributed by atoms with Gasteiger partial charge in [-0.05, 0) is 33.7 Å². The minimum absolute atomic E-state index is 0.544. The molecule has 0 atom stereocenters. The lowest BCUT2D eigenvalue weighted by Gasteiger charge is -2.49. The van der Waals surface area contributed by atoms with Crippen LogP contribution in [0.4, 0.5) is 0 Å². The summed E-state index contributed by atoms with van der Waals surface area (Å²) in [6.07, 6.45) is 5.73. The zero-order valence-electron chi connectivity index (χ0n) is 9.92. The maximum absolute atomic E-state index is 2.66. The predicted molar refractivity (Wildman–Crippen MR) is 60.5 cm³/mol. The lowest BCUT2D eigenvalue weighted by molar-refractivity contribution is 0.00578. The Kier molecular flexibility index (Phi) is 2.85. The van der Waals surface area contributed by atoms with E-state index >= 15 is 0 Å². The van der Waals surface area contributed by atoms with Gasteiger partial charge in [-0.15, -0.1) is 0 Å². The summed E-state index contributed by atoms with van der Waals surface area (Å²) in [5, 5.41) is 0. The molecule has 0 aromatic carbocycles. The molecule has 0 unspecified atom stereocenters. The number of rotatable bonds is 1. The second-order valence-corrected chi connectivity index (χ2v) is 5.42. The van der Waals surface area contributed by atoms with Gasteiger partial charge in [0.1, 0.15) is 0 Å². The molecule has 82 valence electrons. The lowest BCUT2D eigenvalue weighted by Crippen LogP contribution is -2.60. The van der Waals surface area contributed by atoms with Gasteiger partial charge in [0.05, 0.1) is 0 Å². The summed E-state index contributed by atoms with van der Waals surface area (Å²) in [5.41, 5.74) is 0.544. The van der Waals surface area contributed by atoms with Gasteiger partial charge in [-0.3, -0.25) is 9.80 Å². The summed E-state index contributed by atoms with van der Waals surface area (Å²) >= 11 is 0. The molecular formula is C12H24N2. The van der Waals surface area contributed by atoms with Crippen LogP contribution in [0.2, 0.25) is 0 Å². The minimum atomic E-state index is 0.544. The van der Waals surface area contributed by atoms with Crippen molar-refractivity contribution >= 4 is 0 Å². The van der Waals surface area contributed by atoms with E-state index in [1.54, 1.807) is 0 Å². The van der Waals surface area contributed by atoms with Gasteiger partial charge in [0.25, 0.3) is 0 Å². The van der Waals surface area contributed by atoms with Crippen molar-refractivity contribution in [3.05, 3.63) is 0 Å². The van der Waals surface area contributed by atoms with Gasteiger partial charge in [0.2, 0.25) is 0 Å². The van der Waals surface area contributed by atoms with Gasteiger partial charge < -0.3 is 0 Å². The molecule has 2 heteroatoms. The van der Waals surface area contributed by atoms with Crippen molar-refractivity contribution in [3.8, 4) is 0 Å². The highest BCUT2D eigenvalue weighted by atomic mass is 15.3. The Morgan fingerprint density at radius 2 is 1.71 bits per heavy atom. The van der Waals surface area contributed by atoms with Gasteiger partial charge in [0.15, 0.2) is 0 Å². The Hall–Kier alpha value is -0.0800. The number of hydrogen-bond acceptors (Lipinski definition) is 2. The van der Waals surface area contributed by atoms with Gasteiger partial charge in [-0.25, -0.2) is 0 Å². The second kappa shape index (κ2) is 3.82. The van der Waals surface area contributed by atoms with Crippen molar-refractivity contribution in [1.29, 1.82) is 0 Å². The molecule has 1 aliphatic heterocycles. The van der Waals surface area contributed by atoms with E-state index in [0.717, 1.165) is 6.04 Å². The SMILES string of the molecule is CC(C)N1CCN(C)C2(CCCC2)C1. The molecule has 1 saturated carbocycles. The van der Waals surface area contributed by atoms with E-state index in [1.807, 2.05) is 0 Å². The minimum Gasteiger partial charge on any atom is -0.298 e. The molecule has 0 aromatic rings. The van der Waals surface area contributed by atoms with E-state index in [2.05, 4.69) is 30.7 Å². The number of likely N-dealkylation sites (N-methyl/N-ethyl adjacent to an activating group) is 1. The van der Waals surface area contributed by atoms with Crippen molar-refractivity contribution in [1.82, 2.24) is 9.80 Å². The molecule has 1 aliphatic carbocycles. The van der Waals surface area contributed by atoms with E-state index < -0.39 is 0 Å². The van der Waals surface area contributed by atoms with Crippen LogP contribution in [0.15, 0.2) is 0 Å². The van der Waals surface area contributed by atoms with Crippen molar-refractivity contribution in [2.75, 3.05) is 26.7 Å². The second-order valence-electron chi connectivity index (χ2n) is 5.42.